The summed E-state index contributed by atoms with van der Waals surface area (Å²) in [6, 6.07) is 5.34. The Morgan fingerprint density at radius 2 is 2.00 bits per heavy atom. The lowest BCUT2D eigenvalue weighted by Crippen LogP contribution is -2.32. The first kappa shape index (κ1) is 16.5. The Kier molecular flexibility index (Phi) is 5.97. The molecule has 0 saturated heterocycles. The number of sulfonamides is 1. The van der Waals surface area contributed by atoms with Crippen LogP contribution in [0.1, 0.15) is 22.8 Å². The third kappa shape index (κ3) is 4.82. The number of nitrogens with one attached hydrogen (secondary N) is 3. The van der Waals surface area contributed by atoms with Crippen molar-refractivity contribution in [3.05, 3.63) is 29.3 Å². The summed E-state index contributed by atoms with van der Waals surface area (Å²) in [5, 5.41) is 5.78. The van der Waals surface area contributed by atoms with Crippen molar-refractivity contribution in [3.63, 3.8) is 0 Å². The van der Waals surface area contributed by atoms with Crippen LogP contribution in [0, 0.1) is 6.92 Å². The predicted molar refractivity (Wildman–Crippen MR) is 80.5 cm³/mol. The van der Waals surface area contributed by atoms with Crippen LogP contribution in [0.2, 0.25) is 0 Å². The molecule has 1 amide bonds. The van der Waals surface area contributed by atoms with E-state index in [2.05, 4.69) is 15.4 Å². The normalized spacial score (nSPS) is 11.2. The maximum Gasteiger partial charge on any atom is 0.251 e. The van der Waals surface area contributed by atoms with Crippen LogP contribution in [0.4, 0.5) is 5.69 Å². The molecule has 1 aromatic carbocycles. The van der Waals surface area contributed by atoms with Crippen LogP contribution in [-0.4, -0.2) is 40.2 Å². The zero-order valence-electron chi connectivity index (χ0n) is 12.0. The lowest BCUT2D eigenvalue weighted by Gasteiger charge is -2.10. The highest BCUT2D eigenvalue weighted by molar-refractivity contribution is 7.89. The number of anilines is 1. The van der Waals surface area contributed by atoms with Crippen LogP contribution >= 0.6 is 0 Å². The molecule has 20 heavy (non-hydrogen) atoms. The molecule has 0 aliphatic heterocycles. The smallest absolute Gasteiger partial charge is 0.251 e. The lowest BCUT2D eigenvalue weighted by atomic mass is 10.1. The van der Waals surface area contributed by atoms with Gasteiger partial charge in [0.1, 0.15) is 0 Å². The summed E-state index contributed by atoms with van der Waals surface area (Å²) in [6.45, 7) is 4.81. The second kappa shape index (κ2) is 7.25. The van der Waals surface area contributed by atoms with Gasteiger partial charge in [-0.05, 0) is 44.7 Å². The first-order valence-corrected chi connectivity index (χ1v) is 8.08. The van der Waals surface area contributed by atoms with E-state index in [0.29, 0.717) is 5.56 Å². The van der Waals surface area contributed by atoms with Gasteiger partial charge in [-0.25, -0.2) is 13.1 Å². The molecule has 0 bridgehead atoms. The van der Waals surface area contributed by atoms with Crippen molar-refractivity contribution in [2.24, 2.45) is 0 Å². The van der Waals surface area contributed by atoms with E-state index in [0.717, 1.165) is 17.8 Å². The second-order valence-electron chi connectivity index (χ2n) is 4.34. The summed E-state index contributed by atoms with van der Waals surface area (Å²) in [5.41, 5.74) is 2.48. The zero-order valence-corrected chi connectivity index (χ0v) is 12.8. The van der Waals surface area contributed by atoms with E-state index in [1.54, 1.807) is 12.1 Å². The van der Waals surface area contributed by atoms with Crippen molar-refractivity contribution in [2.75, 3.05) is 31.2 Å². The van der Waals surface area contributed by atoms with Crippen molar-refractivity contribution in [1.29, 1.82) is 0 Å². The van der Waals surface area contributed by atoms with E-state index in [1.807, 2.05) is 19.9 Å². The number of carbonyl (C=O) groups excluding carboxylic acids is 1. The Hall–Kier alpha value is -1.60. The zero-order chi connectivity index (χ0) is 15.2. The standard InChI is InChI=1S/C13H21N3O3S/c1-4-15-12-6-5-11(9-10(12)2)13(17)16-7-8-20(18,19)14-3/h5-6,9,14-15H,4,7-8H2,1-3H3,(H,16,17). The molecule has 0 saturated carbocycles. The minimum Gasteiger partial charge on any atom is -0.385 e. The van der Waals surface area contributed by atoms with E-state index < -0.39 is 10.0 Å². The van der Waals surface area contributed by atoms with Crippen LogP contribution in [0.3, 0.4) is 0 Å². The number of carbonyl (C=O) groups is 1. The molecule has 0 atom stereocenters. The SMILES string of the molecule is CCNc1ccc(C(=O)NCCS(=O)(=O)NC)cc1C. The molecule has 0 aromatic heterocycles. The molecule has 0 spiro atoms. The third-order valence-corrected chi connectivity index (χ3v) is 4.19. The van der Waals surface area contributed by atoms with E-state index in [1.165, 1.54) is 7.05 Å². The molecule has 0 fully saturated rings. The minimum absolute atomic E-state index is 0.0794. The number of hydrogen-bond acceptors (Lipinski definition) is 4. The third-order valence-electron chi connectivity index (χ3n) is 2.82. The van der Waals surface area contributed by atoms with Gasteiger partial charge in [0.25, 0.3) is 5.91 Å². The molecule has 1 aromatic rings. The van der Waals surface area contributed by atoms with Crippen molar-refractivity contribution in [2.45, 2.75) is 13.8 Å². The Bertz CT molecular complexity index is 570. The number of aryl methyl sites for hydroxylation is 1. The highest BCUT2D eigenvalue weighted by Crippen LogP contribution is 2.16. The van der Waals surface area contributed by atoms with Gasteiger partial charge in [0.15, 0.2) is 0 Å². The molecule has 7 heteroatoms. The summed E-state index contributed by atoms with van der Waals surface area (Å²) in [5.74, 6) is -0.411. The Morgan fingerprint density at radius 3 is 2.55 bits per heavy atom. The van der Waals surface area contributed by atoms with Crippen LogP contribution in [0.5, 0.6) is 0 Å². The maximum atomic E-state index is 11.9. The number of benzene rings is 1. The van der Waals surface area contributed by atoms with Crippen LogP contribution in [0.15, 0.2) is 18.2 Å². The summed E-state index contributed by atoms with van der Waals surface area (Å²) in [7, 11) is -1.95. The van der Waals surface area contributed by atoms with Crippen LogP contribution < -0.4 is 15.4 Å². The highest BCUT2D eigenvalue weighted by atomic mass is 32.2. The average Bonchev–Trinajstić information content (AvgIpc) is 2.41. The molecule has 1 rings (SSSR count). The first-order chi connectivity index (χ1) is 9.39. The van der Waals surface area contributed by atoms with Crippen molar-refractivity contribution >= 4 is 21.6 Å². The van der Waals surface area contributed by atoms with Gasteiger partial charge in [0, 0.05) is 24.3 Å². The second-order valence-corrected chi connectivity index (χ2v) is 6.38. The van der Waals surface area contributed by atoms with E-state index in [-0.39, 0.29) is 18.2 Å². The Labute approximate surface area is 120 Å². The molecular weight excluding hydrogens is 278 g/mol. The van der Waals surface area contributed by atoms with Gasteiger partial charge < -0.3 is 10.6 Å². The fraction of sp³-hybridized carbons (Fsp3) is 0.462. The molecule has 0 heterocycles. The summed E-state index contributed by atoms with van der Waals surface area (Å²) >= 11 is 0. The van der Waals surface area contributed by atoms with E-state index in [4.69, 9.17) is 0 Å². The van der Waals surface area contributed by atoms with Gasteiger partial charge >= 0.3 is 0 Å². The highest BCUT2D eigenvalue weighted by Gasteiger charge is 2.10. The molecule has 112 valence electrons. The number of rotatable bonds is 7. The monoisotopic (exact) mass is 299 g/mol. The van der Waals surface area contributed by atoms with Crippen LogP contribution in [-0.2, 0) is 10.0 Å². The minimum atomic E-state index is -3.29. The Morgan fingerprint density at radius 1 is 1.30 bits per heavy atom. The van der Waals surface area contributed by atoms with Gasteiger partial charge in [-0.3, -0.25) is 4.79 Å². The molecule has 0 aliphatic rings. The number of amides is 1. The topological polar surface area (TPSA) is 87.3 Å². The summed E-state index contributed by atoms with van der Waals surface area (Å²) < 4.78 is 24.6. The molecule has 0 aliphatic carbocycles. The first-order valence-electron chi connectivity index (χ1n) is 6.43. The van der Waals surface area contributed by atoms with Crippen molar-refractivity contribution < 1.29 is 13.2 Å². The maximum absolute atomic E-state index is 11.9. The largest absolute Gasteiger partial charge is 0.385 e. The molecule has 6 nitrogen and oxygen atoms in total. The van der Waals surface area contributed by atoms with Gasteiger partial charge in [-0.2, -0.15) is 0 Å². The fourth-order valence-electron chi connectivity index (χ4n) is 1.70. The van der Waals surface area contributed by atoms with Gasteiger partial charge in [-0.1, -0.05) is 0 Å². The van der Waals surface area contributed by atoms with E-state index >= 15 is 0 Å². The van der Waals surface area contributed by atoms with Crippen molar-refractivity contribution in [3.8, 4) is 0 Å². The van der Waals surface area contributed by atoms with Crippen LogP contribution in [0.25, 0.3) is 0 Å². The summed E-state index contributed by atoms with van der Waals surface area (Å²) in [4.78, 5) is 11.9. The fourth-order valence-corrected chi connectivity index (χ4v) is 2.27. The molecule has 0 radical (unpaired) electrons. The van der Waals surface area contributed by atoms with Gasteiger partial charge in [0.2, 0.25) is 10.0 Å². The molecule has 3 N–H and O–H groups in total. The van der Waals surface area contributed by atoms with E-state index in [9.17, 15) is 13.2 Å². The quantitative estimate of drug-likeness (QED) is 0.692. The average molecular weight is 299 g/mol. The number of hydrogen-bond donors (Lipinski definition) is 3. The predicted octanol–water partition coefficient (Wildman–Crippen LogP) is 0.706. The molecular formula is C13H21N3O3S. The van der Waals surface area contributed by atoms with Gasteiger partial charge in [0.05, 0.1) is 5.75 Å². The van der Waals surface area contributed by atoms with Gasteiger partial charge in [-0.15, -0.1) is 0 Å². The molecule has 0 unspecified atom stereocenters. The Balaban J connectivity index is 2.62. The lowest BCUT2D eigenvalue weighted by molar-refractivity contribution is 0.0956. The van der Waals surface area contributed by atoms with Crippen molar-refractivity contribution in [1.82, 2.24) is 10.0 Å². The summed E-state index contributed by atoms with van der Waals surface area (Å²) in [6.07, 6.45) is 0.